The van der Waals surface area contributed by atoms with Crippen molar-refractivity contribution in [3.8, 4) is 0 Å². The van der Waals surface area contributed by atoms with E-state index in [1.807, 2.05) is 32.9 Å². The molecule has 0 unspecified atom stereocenters. The van der Waals surface area contributed by atoms with Gasteiger partial charge in [0.2, 0.25) is 0 Å². The number of nitrogens with one attached hydrogen (secondary N) is 1. The molecular weight excluding hydrogens is 466 g/mol. The number of hydrogen-bond acceptors (Lipinski definition) is 4. The van der Waals surface area contributed by atoms with E-state index < -0.39 is 20.0 Å². The van der Waals surface area contributed by atoms with Gasteiger partial charge in [-0.3, -0.25) is 0 Å². The molecule has 0 aromatic heterocycles. The molecule has 2 aromatic carbocycles. The first-order valence-electron chi connectivity index (χ1n) is 13.2. The van der Waals surface area contributed by atoms with Gasteiger partial charge in [0.25, 0.3) is 8.32 Å². The van der Waals surface area contributed by atoms with Crippen LogP contribution in [0.5, 0.6) is 0 Å². The van der Waals surface area contributed by atoms with Crippen LogP contribution in [0.15, 0.2) is 60.7 Å². The predicted molar refractivity (Wildman–Crippen MR) is 151 cm³/mol. The second kappa shape index (κ2) is 12.9. The average Bonchev–Trinajstić information content (AvgIpc) is 2.77. The molecule has 200 valence electrons. The molecule has 0 aliphatic heterocycles. The van der Waals surface area contributed by atoms with E-state index in [-0.39, 0.29) is 23.6 Å². The molecule has 0 bridgehead atoms. The van der Waals surface area contributed by atoms with E-state index in [0.29, 0.717) is 18.9 Å². The third-order valence-electron chi connectivity index (χ3n) is 6.44. The molecule has 0 spiro atoms. The Balaban J connectivity index is 2.53. The van der Waals surface area contributed by atoms with E-state index in [9.17, 15) is 9.90 Å². The summed E-state index contributed by atoms with van der Waals surface area (Å²) in [6.45, 7) is 17.0. The number of benzene rings is 2. The third kappa shape index (κ3) is 8.18. The Morgan fingerprint density at radius 1 is 0.917 bits per heavy atom. The highest BCUT2D eigenvalue weighted by molar-refractivity contribution is 6.99. The normalized spacial score (nSPS) is 14.4. The summed E-state index contributed by atoms with van der Waals surface area (Å²) in [5.41, 5.74) is -0.599. The number of aliphatic hydroxyl groups is 1. The second-order valence-electron chi connectivity index (χ2n) is 12.1. The maximum absolute atomic E-state index is 12.9. The molecule has 0 radical (unpaired) electrons. The molecule has 36 heavy (non-hydrogen) atoms. The van der Waals surface area contributed by atoms with Gasteiger partial charge in [0.05, 0.1) is 12.6 Å². The Morgan fingerprint density at radius 2 is 1.42 bits per heavy atom. The number of carbonyl (C=O) groups is 1. The number of rotatable bonds is 11. The number of ether oxygens (including phenoxy) is 1. The Kier molecular flexibility index (Phi) is 10.8. The van der Waals surface area contributed by atoms with Gasteiger partial charge in [-0.15, -0.1) is 0 Å². The number of alkyl carbamates (subject to hydrolysis) is 1. The zero-order valence-electron chi connectivity index (χ0n) is 23.5. The molecule has 5 nitrogen and oxygen atoms in total. The van der Waals surface area contributed by atoms with Crippen LogP contribution in [-0.4, -0.2) is 44.4 Å². The standard InChI is InChI=1S/C30H47NO4Si/c1-23(2)21-24(19-20-32)27(31-28(33)35-29(3,4)5)22-34-36(30(6,7)8,25-15-11-9-12-16-25)26-17-13-10-14-18-26/h9-18,23-24,27,32H,19-22H2,1-8H3,(H,31,33)/t24-,27-/m0/s1. The van der Waals surface area contributed by atoms with Crippen LogP contribution in [0.4, 0.5) is 4.79 Å². The molecule has 6 heteroatoms. The molecule has 0 saturated carbocycles. The van der Waals surface area contributed by atoms with E-state index in [2.05, 4.69) is 88.5 Å². The monoisotopic (exact) mass is 513 g/mol. The fourth-order valence-corrected chi connectivity index (χ4v) is 9.57. The molecule has 0 aliphatic carbocycles. The molecule has 2 aromatic rings. The summed E-state index contributed by atoms with van der Waals surface area (Å²) in [7, 11) is -2.77. The van der Waals surface area contributed by atoms with Crippen molar-refractivity contribution < 1.29 is 19.1 Å². The third-order valence-corrected chi connectivity index (χ3v) is 11.4. The van der Waals surface area contributed by atoms with Crippen LogP contribution in [0.1, 0.15) is 68.2 Å². The van der Waals surface area contributed by atoms with E-state index in [1.165, 1.54) is 10.4 Å². The summed E-state index contributed by atoms with van der Waals surface area (Å²) >= 11 is 0. The Morgan fingerprint density at radius 3 is 1.81 bits per heavy atom. The molecule has 2 rings (SSSR count). The highest BCUT2D eigenvalue weighted by atomic mass is 28.4. The minimum atomic E-state index is -2.77. The van der Waals surface area contributed by atoms with Gasteiger partial charge in [-0.2, -0.15) is 0 Å². The summed E-state index contributed by atoms with van der Waals surface area (Å²) in [5.74, 6) is 0.470. The van der Waals surface area contributed by atoms with Crippen LogP contribution < -0.4 is 15.7 Å². The average molecular weight is 514 g/mol. The van der Waals surface area contributed by atoms with Gasteiger partial charge in [0.1, 0.15) is 5.60 Å². The van der Waals surface area contributed by atoms with E-state index >= 15 is 0 Å². The van der Waals surface area contributed by atoms with Crippen LogP contribution in [0, 0.1) is 11.8 Å². The van der Waals surface area contributed by atoms with Crippen molar-refractivity contribution in [1.29, 1.82) is 0 Å². The van der Waals surface area contributed by atoms with Crippen molar-refractivity contribution >= 4 is 24.8 Å². The van der Waals surface area contributed by atoms with Gasteiger partial charge in [-0.1, -0.05) is 95.3 Å². The predicted octanol–water partition coefficient (Wildman–Crippen LogP) is 5.50. The summed E-state index contributed by atoms with van der Waals surface area (Å²) in [5, 5.41) is 15.2. The maximum atomic E-state index is 12.9. The van der Waals surface area contributed by atoms with Crippen LogP contribution in [0.2, 0.25) is 5.04 Å². The molecule has 0 heterocycles. The SMILES string of the molecule is CC(C)C[C@H](CCO)[C@H](CO[Si](c1ccccc1)(c1ccccc1)C(C)(C)C)NC(=O)OC(C)(C)C. The fourth-order valence-electron chi connectivity index (χ4n) is 4.99. The molecule has 1 amide bonds. The zero-order valence-corrected chi connectivity index (χ0v) is 24.5. The second-order valence-corrected chi connectivity index (χ2v) is 16.4. The van der Waals surface area contributed by atoms with Crippen molar-refractivity contribution in [3.63, 3.8) is 0 Å². The van der Waals surface area contributed by atoms with Gasteiger partial charge in [-0.05, 0) is 60.9 Å². The first-order chi connectivity index (χ1) is 16.8. The summed E-state index contributed by atoms with van der Waals surface area (Å²) in [6.07, 6.45) is 0.999. The van der Waals surface area contributed by atoms with Crippen LogP contribution in [-0.2, 0) is 9.16 Å². The van der Waals surface area contributed by atoms with Gasteiger partial charge in [0.15, 0.2) is 0 Å². The van der Waals surface area contributed by atoms with Gasteiger partial charge >= 0.3 is 6.09 Å². The lowest BCUT2D eigenvalue weighted by Gasteiger charge is -2.44. The minimum absolute atomic E-state index is 0.0562. The van der Waals surface area contributed by atoms with Crippen LogP contribution in [0.3, 0.4) is 0 Å². The molecule has 2 atom stereocenters. The first kappa shape index (κ1) is 30.1. The van der Waals surface area contributed by atoms with E-state index in [4.69, 9.17) is 9.16 Å². The van der Waals surface area contributed by atoms with Crippen LogP contribution >= 0.6 is 0 Å². The van der Waals surface area contributed by atoms with E-state index in [0.717, 1.165) is 6.42 Å². The van der Waals surface area contributed by atoms with Crippen LogP contribution in [0.25, 0.3) is 0 Å². The first-order valence-corrected chi connectivity index (χ1v) is 15.1. The highest BCUT2D eigenvalue weighted by Crippen LogP contribution is 2.37. The van der Waals surface area contributed by atoms with E-state index in [1.54, 1.807) is 0 Å². The lowest BCUT2D eigenvalue weighted by Crippen LogP contribution is -2.67. The number of hydrogen-bond donors (Lipinski definition) is 2. The highest BCUT2D eigenvalue weighted by Gasteiger charge is 2.50. The number of amides is 1. The Labute approximate surface area is 219 Å². The number of aliphatic hydroxyl groups excluding tert-OH is 1. The smallest absolute Gasteiger partial charge is 0.407 e. The summed E-state index contributed by atoms with van der Waals surface area (Å²) < 4.78 is 12.8. The molecule has 0 fully saturated rings. The fraction of sp³-hybridized carbons (Fsp3) is 0.567. The molecular formula is C30H47NO4Si. The van der Waals surface area contributed by atoms with Gasteiger partial charge < -0.3 is 19.6 Å². The van der Waals surface area contributed by atoms with Crippen molar-refractivity contribution in [2.75, 3.05) is 13.2 Å². The minimum Gasteiger partial charge on any atom is -0.444 e. The lowest BCUT2D eigenvalue weighted by atomic mass is 9.88. The van der Waals surface area contributed by atoms with Gasteiger partial charge in [0, 0.05) is 6.61 Å². The van der Waals surface area contributed by atoms with Crippen molar-refractivity contribution in [1.82, 2.24) is 5.32 Å². The zero-order chi connectivity index (χ0) is 27.0. The largest absolute Gasteiger partial charge is 0.444 e. The topological polar surface area (TPSA) is 67.8 Å². The van der Waals surface area contributed by atoms with Crippen molar-refractivity contribution in [2.45, 2.75) is 84.9 Å². The quantitative estimate of drug-likeness (QED) is 0.389. The molecule has 0 saturated heterocycles. The number of carbonyl (C=O) groups excluding carboxylic acids is 1. The van der Waals surface area contributed by atoms with Crippen molar-refractivity contribution in [2.24, 2.45) is 11.8 Å². The van der Waals surface area contributed by atoms with Gasteiger partial charge in [-0.25, -0.2) is 4.79 Å². The summed E-state index contributed by atoms with van der Waals surface area (Å²) in [4.78, 5) is 12.9. The molecule has 2 N–H and O–H groups in total. The Hall–Kier alpha value is -2.15. The van der Waals surface area contributed by atoms with Crippen molar-refractivity contribution in [3.05, 3.63) is 60.7 Å². The lowest BCUT2D eigenvalue weighted by molar-refractivity contribution is 0.0441. The summed E-state index contributed by atoms with van der Waals surface area (Å²) in [6, 6.07) is 20.7. The molecule has 0 aliphatic rings. The maximum Gasteiger partial charge on any atom is 0.407 e. The Bertz CT molecular complexity index is 880.